The van der Waals surface area contributed by atoms with E-state index in [-0.39, 0.29) is 17.7 Å². The van der Waals surface area contributed by atoms with E-state index >= 15 is 0 Å². The average molecular weight is 409 g/mol. The van der Waals surface area contributed by atoms with Crippen LogP contribution in [-0.4, -0.2) is 57.6 Å². The van der Waals surface area contributed by atoms with Crippen LogP contribution in [0.1, 0.15) is 57.6 Å². The molecule has 3 aromatic rings. The Bertz CT molecular complexity index is 1020. The molecule has 2 aromatic heterocycles. The number of H-pyrrole nitrogens is 1. The van der Waals surface area contributed by atoms with Crippen LogP contribution in [0.4, 0.5) is 0 Å². The van der Waals surface area contributed by atoms with E-state index in [1.165, 1.54) is 4.70 Å². The molecule has 2 aliphatic rings. The molecule has 2 fully saturated rings. The Morgan fingerprint density at radius 1 is 1.14 bits per heavy atom. The fourth-order valence-electron chi connectivity index (χ4n) is 4.37. The van der Waals surface area contributed by atoms with Crippen LogP contribution in [0, 0.1) is 0 Å². The van der Waals surface area contributed by atoms with Gasteiger partial charge >= 0.3 is 0 Å². The zero-order valence-corrected chi connectivity index (χ0v) is 17.1. The van der Waals surface area contributed by atoms with Gasteiger partial charge in [-0.15, -0.1) is 11.3 Å². The van der Waals surface area contributed by atoms with Crippen molar-refractivity contribution in [2.45, 2.75) is 31.7 Å². The van der Waals surface area contributed by atoms with Crippen LogP contribution in [0.3, 0.4) is 0 Å². The van der Waals surface area contributed by atoms with E-state index in [1.807, 2.05) is 23.1 Å². The molecule has 1 unspecified atom stereocenters. The van der Waals surface area contributed by atoms with Gasteiger partial charge in [0.15, 0.2) is 5.78 Å². The van der Waals surface area contributed by atoms with Crippen molar-refractivity contribution in [3.8, 4) is 0 Å². The molecule has 0 radical (unpaired) electrons. The number of likely N-dealkylation sites (tertiary alicyclic amines) is 2. The van der Waals surface area contributed by atoms with Gasteiger partial charge in [-0.1, -0.05) is 12.1 Å². The summed E-state index contributed by atoms with van der Waals surface area (Å²) < 4.78 is 1.19. The summed E-state index contributed by atoms with van der Waals surface area (Å²) in [5.74, 6) is 0.0461. The highest BCUT2D eigenvalue weighted by Gasteiger charge is 2.31. The number of fused-ring (bicyclic) bond motifs is 1. The minimum absolute atomic E-state index is 0.00456. The standard InChI is InChI=1S/C22H24N4O2S/c27-19(15-12-17(23-13-15)22(28)25-9-3-4-10-25)14-26-11-5-7-18(26)21-24-16-6-1-2-8-20(16)29-21/h1-2,6,8,12-13,18,23H,3-5,7,9-11,14H2. The quantitative estimate of drug-likeness (QED) is 0.651. The van der Waals surface area contributed by atoms with Crippen molar-refractivity contribution < 1.29 is 9.59 Å². The summed E-state index contributed by atoms with van der Waals surface area (Å²) in [5.41, 5.74) is 2.13. The van der Waals surface area contributed by atoms with Gasteiger partial charge in [0.25, 0.3) is 5.91 Å². The molecule has 0 aliphatic carbocycles. The summed E-state index contributed by atoms with van der Waals surface area (Å²) in [6.07, 6.45) is 5.88. The molecule has 29 heavy (non-hydrogen) atoms. The molecule has 7 heteroatoms. The van der Waals surface area contributed by atoms with E-state index in [1.54, 1.807) is 23.6 Å². The summed E-state index contributed by atoms with van der Waals surface area (Å²) in [4.78, 5) is 37.3. The number of para-hydroxylation sites is 1. The predicted molar refractivity (Wildman–Crippen MR) is 113 cm³/mol. The molecule has 150 valence electrons. The fraction of sp³-hybridized carbons (Fsp3) is 0.409. The Hall–Kier alpha value is -2.51. The van der Waals surface area contributed by atoms with Gasteiger partial charge < -0.3 is 9.88 Å². The molecule has 0 bridgehead atoms. The molecule has 0 spiro atoms. The molecule has 1 atom stereocenters. The third kappa shape index (κ3) is 3.60. The highest BCUT2D eigenvalue weighted by atomic mass is 32.1. The number of hydrogen-bond donors (Lipinski definition) is 1. The molecule has 6 nitrogen and oxygen atoms in total. The monoisotopic (exact) mass is 408 g/mol. The first-order chi connectivity index (χ1) is 14.2. The van der Waals surface area contributed by atoms with Gasteiger partial charge in [0.1, 0.15) is 10.7 Å². The normalized spacial score (nSPS) is 20.0. The zero-order valence-electron chi connectivity index (χ0n) is 16.3. The van der Waals surface area contributed by atoms with E-state index in [0.717, 1.165) is 55.8 Å². The molecule has 1 amide bonds. The SMILES string of the molecule is O=C(CN1CCCC1c1nc2ccccc2s1)c1c[nH]c(C(=O)N2CCCC2)c1. The molecule has 4 heterocycles. The third-order valence-corrected chi connectivity index (χ3v) is 7.07. The maximum atomic E-state index is 12.9. The fourth-order valence-corrected chi connectivity index (χ4v) is 5.51. The van der Waals surface area contributed by atoms with E-state index in [4.69, 9.17) is 4.98 Å². The molecule has 1 aromatic carbocycles. The van der Waals surface area contributed by atoms with Crippen molar-refractivity contribution in [3.05, 3.63) is 52.8 Å². The lowest BCUT2D eigenvalue weighted by molar-refractivity contribution is 0.0787. The number of aromatic amines is 1. The highest BCUT2D eigenvalue weighted by molar-refractivity contribution is 7.18. The minimum Gasteiger partial charge on any atom is -0.356 e. The maximum Gasteiger partial charge on any atom is 0.270 e. The molecular formula is C22H24N4O2S. The van der Waals surface area contributed by atoms with Gasteiger partial charge in [0.2, 0.25) is 0 Å². The molecular weight excluding hydrogens is 384 g/mol. The molecule has 5 rings (SSSR count). The second-order valence-corrected chi connectivity index (χ2v) is 8.94. The number of nitrogens with zero attached hydrogens (tertiary/aromatic N) is 3. The van der Waals surface area contributed by atoms with Gasteiger partial charge in [-0.25, -0.2) is 4.98 Å². The van der Waals surface area contributed by atoms with Crippen molar-refractivity contribution in [2.75, 3.05) is 26.2 Å². The lowest BCUT2D eigenvalue weighted by Crippen LogP contribution is -2.29. The molecule has 0 saturated carbocycles. The van der Waals surface area contributed by atoms with E-state index in [2.05, 4.69) is 16.0 Å². The topological polar surface area (TPSA) is 69.3 Å². The zero-order chi connectivity index (χ0) is 19.8. The Morgan fingerprint density at radius 3 is 2.79 bits per heavy atom. The number of hydrogen-bond acceptors (Lipinski definition) is 5. The Kier molecular flexibility index (Phi) is 4.93. The predicted octanol–water partition coefficient (Wildman–Crippen LogP) is 3.88. The molecule has 2 aliphatic heterocycles. The van der Waals surface area contributed by atoms with Gasteiger partial charge in [-0.3, -0.25) is 14.5 Å². The summed E-state index contributed by atoms with van der Waals surface area (Å²) in [7, 11) is 0. The van der Waals surface area contributed by atoms with Crippen LogP contribution in [0.15, 0.2) is 36.5 Å². The molecule has 2 saturated heterocycles. The second kappa shape index (κ2) is 7.72. The van der Waals surface area contributed by atoms with Crippen LogP contribution < -0.4 is 0 Å². The molecule has 1 N–H and O–H groups in total. The lowest BCUT2D eigenvalue weighted by atomic mass is 10.1. The Morgan fingerprint density at radius 2 is 1.97 bits per heavy atom. The van der Waals surface area contributed by atoms with Gasteiger partial charge in [-0.05, 0) is 50.4 Å². The van der Waals surface area contributed by atoms with Crippen LogP contribution in [0.2, 0.25) is 0 Å². The van der Waals surface area contributed by atoms with Crippen LogP contribution >= 0.6 is 11.3 Å². The van der Waals surface area contributed by atoms with Gasteiger partial charge in [-0.2, -0.15) is 0 Å². The van der Waals surface area contributed by atoms with Crippen molar-refractivity contribution in [1.82, 2.24) is 19.8 Å². The lowest BCUT2D eigenvalue weighted by Gasteiger charge is -2.21. The smallest absolute Gasteiger partial charge is 0.270 e. The minimum atomic E-state index is -0.00456. The number of carbonyl (C=O) groups excluding carboxylic acids is 2. The number of thiazole rings is 1. The number of nitrogens with one attached hydrogen (secondary N) is 1. The largest absolute Gasteiger partial charge is 0.356 e. The van der Waals surface area contributed by atoms with Gasteiger partial charge in [0.05, 0.1) is 22.8 Å². The summed E-state index contributed by atoms with van der Waals surface area (Å²) in [6.45, 7) is 2.86. The van der Waals surface area contributed by atoms with Crippen molar-refractivity contribution in [2.24, 2.45) is 0 Å². The number of aromatic nitrogens is 2. The van der Waals surface area contributed by atoms with Crippen LogP contribution in [-0.2, 0) is 0 Å². The second-order valence-electron chi connectivity index (χ2n) is 7.87. The van der Waals surface area contributed by atoms with E-state index in [0.29, 0.717) is 17.8 Å². The number of rotatable bonds is 5. The van der Waals surface area contributed by atoms with Crippen molar-refractivity contribution >= 4 is 33.2 Å². The number of carbonyl (C=O) groups is 2. The first kappa shape index (κ1) is 18.5. The van der Waals surface area contributed by atoms with Crippen molar-refractivity contribution in [1.29, 1.82) is 0 Å². The Balaban J connectivity index is 1.29. The summed E-state index contributed by atoms with van der Waals surface area (Å²) >= 11 is 1.72. The van der Waals surface area contributed by atoms with Crippen LogP contribution in [0.25, 0.3) is 10.2 Å². The van der Waals surface area contributed by atoms with E-state index in [9.17, 15) is 9.59 Å². The highest BCUT2D eigenvalue weighted by Crippen LogP contribution is 2.36. The first-order valence-electron chi connectivity index (χ1n) is 10.3. The average Bonchev–Trinajstić information content (AvgIpc) is 3.53. The number of Topliss-reactive ketones (excluding diaryl/α,β-unsaturated/α-hetero) is 1. The summed E-state index contributed by atoms with van der Waals surface area (Å²) in [5, 5.41) is 1.09. The Labute approximate surface area is 173 Å². The number of benzene rings is 1. The van der Waals surface area contributed by atoms with E-state index < -0.39 is 0 Å². The number of amides is 1. The third-order valence-electron chi connectivity index (χ3n) is 5.93. The summed E-state index contributed by atoms with van der Waals surface area (Å²) in [6, 6.07) is 10.1. The van der Waals surface area contributed by atoms with Crippen molar-refractivity contribution in [3.63, 3.8) is 0 Å². The maximum absolute atomic E-state index is 12.9. The van der Waals surface area contributed by atoms with Gasteiger partial charge in [0, 0.05) is 24.8 Å². The van der Waals surface area contributed by atoms with Crippen LogP contribution in [0.5, 0.6) is 0 Å². The number of ketones is 1. The first-order valence-corrected chi connectivity index (χ1v) is 11.1.